The molecule has 0 aliphatic carbocycles. The quantitative estimate of drug-likeness (QED) is 0.907. The molecule has 2 heterocycles. The monoisotopic (exact) mass is 307 g/mol. The van der Waals surface area contributed by atoms with Crippen molar-refractivity contribution in [3.8, 4) is 0 Å². The number of aryl methyl sites for hydroxylation is 2. The maximum Gasteiger partial charge on any atom is 0.123 e. The zero-order valence-corrected chi connectivity index (χ0v) is 13.3. The topological polar surface area (TPSA) is 12.0 Å². The number of benzene rings is 1. The summed E-state index contributed by atoms with van der Waals surface area (Å²) in [6.07, 6.45) is 1.17. The van der Waals surface area contributed by atoms with Gasteiger partial charge in [-0.2, -0.15) is 11.8 Å². The maximum absolute atomic E-state index is 13.6. The molecule has 106 valence electrons. The number of thiophene rings is 1. The minimum absolute atomic E-state index is 0.0892. The van der Waals surface area contributed by atoms with Crippen molar-refractivity contribution in [2.45, 2.75) is 25.1 Å². The Bertz CT molecular complexity index is 597. The molecule has 1 aromatic carbocycles. The van der Waals surface area contributed by atoms with E-state index < -0.39 is 0 Å². The summed E-state index contributed by atoms with van der Waals surface area (Å²) in [5.74, 6) is 2.17. The molecule has 2 aromatic rings. The average Bonchev–Trinajstić information content (AvgIpc) is 2.87. The molecular formula is C16H18FNS2. The normalized spacial score (nSPS) is 15.9. The van der Waals surface area contributed by atoms with Crippen LogP contribution in [0.1, 0.15) is 32.5 Å². The van der Waals surface area contributed by atoms with Crippen LogP contribution in [0, 0.1) is 12.7 Å². The lowest BCUT2D eigenvalue weighted by Gasteiger charge is -2.17. The van der Waals surface area contributed by atoms with E-state index in [1.54, 1.807) is 6.07 Å². The molecule has 0 amide bonds. The Morgan fingerprint density at radius 3 is 2.90 bits per heavy atom. The van der Waals surface area contributed by atoms with Gasteiger partial charge in [0.05, 0.1) is 6.04 Å². The summed E-state index contributed by atoms with van der Waals surface area (Å²) in [6, 6.07) is 7.44. The van der Waals surface area contributed by atoms with Crippen LogP contribution in [-0.4, -0.2) is 12.8 Å². The first kappa shape index (κ1) is 14.1. The number of nitrogens with one attached hydrogen (secondary N) is 1. The number of rotatable bonds is 3. The second-order valence-electron chi connectivity index (χ2n) is 5.12. The Morgan fingerprint density at radius 2 is 2.15 bits per heavy atom. The van der Waals surface area contributed by atoms with E-state index in [2.05, 4.69) is 11.4 Å². The smallest absolute Gasteiger partial charge is 0.123 e. The SMILES string of the molecule is CNC(c1cc2c(s1)CCSC2)c1cc(F)ccc1C. The number of fused-ring (bicyclic) bond motifs is 1. The van der Waals surface area contributed by atoms with Gasteiger partial charge in [0, 0.05) is 15.5 Å². The first-order valence-electron chi connectivity index (χ1n) is 6.81. The van der Waals surface area contributed by atoms with Gasteiger partial charge >= 0.3 is 0 Å². The van der Waals surface area contributed by atoms with Crippen molar-refractivity contribution in [3.05, 3.63) is 56.5 Å². The van der Waals surface area contributed by atoms with Crippen molar-refractivity contribution in [1.29, 1.82) is 0 Å². The van der Waals surface area contributed by atoms with E-state index in [1.807, 2.05) is 43.1 Å². The van der Waals surface area contributed by atoms with E-state index in [9.17, 15) is 4.39 Å². The van der Waals surface area contributed by atoms with Crippen LogP contribution in [0.4, 0.5) is 4.39 Å². The molecule has 1 aromatic heterocycles. The van der Waals surface area contributed by atoms with Crippen molar-refractivity contribution >= 4 is 23.1 Å². The van der Waals surface area contributed by atoms with Gasteiger partial charge < -0.3 is 5.32 Å². The highest BCUT2D eigenvalue weighted by molar-refractivity contribution is 7.98. The number of thioether (sulfide) groups is 1. The Kier molecular flexibility index (Phi) is 4.15. The third-order valence-corrected chi connectivity index (χ3v) is 6.08. The van der Waals surface area contributed by atoms with Crippen molar-refractivity contribution in [3.63, 3.8) is 0 Å². The molecule has 1 unspecified atom stereocenters. The van der Waals surface area contributed by atoms with E-state index in [4.69, 9.17) is 0 Å². The van der Waals surface area contributed by atoms with Crippen LogP contribution in [0.5, 0.6) is 0 Å². The van der Waals surface area contributed by atoms with Gasteiger partial charge in [0.25, 0.3) is 0 Å². The molecule has 1 nitrogen and oxygen atoms in total. The van der Waals surface area contributed by atoms with Gasteiger partial charge in [0.2, 0.25) is 0 Å². The minimum Gasteiger partial charge on any atom is -0.309 e. The molecule has 0 spiro atoms. The number of halogens is 1. The molecule has 0 radical (unpaired) electrons. The molecule has 20 heavy (non-hydrogen) atoms. The van der Waals surface area contributed by atoms with Crippen molar-refractivity contribution in [1.82, 2.24) is 5.32 Å². The third kappa shape index (κ3) is 2.65. The fraction of sp³-hybridized carbons (Fsp3) is 0.375. The minimum atomic E-state index is -0.164. The van der Waals surface area contributed by atoms with Crippen LogP contribution in [0.15, 0.2) is 24.3 Å². The van der Waals surface area contributed by atoms with Crippen LogP contribution >= 0.6 is 23.1 Å². The van der Waals surface area contributed by atoms with Gasteiger partial charge in [-0.05, 0) is 61.0 Å². The van der Waals surface area contributed by atoms with E-state index in [1.165, 1.54) is 33.6 Å². The van der Waals surface area contributed by atoms with E-state index in [0.29, 0.717) is 0 Å². The van der Waals surface area contributed by atoms with Crippen LogP contribution in [0.2, 0.25) is 0 Å². The Balaban J connectivity index is 2.01. The highest BCUT2D eigenvalue weighted by Crippen LogP contribution is 2.37. The second kappa shape index (κ2) is 5.88. The van der Waals surface area contributed by atoms with E-state index in [-0.39, 0.29) is 11.9 Å². The summed E-state index contributed by atoms with van der Waals surface area (Å²) in [5.41, 5.74) is 3.64. The molecule has 1 atom stereocenters. The fourth-order valence-corrected chi connectivity index (χ4v) is 5.19. The highest BCUT2D eigenvalue weighted by atomic mass is 32.2. The Hall–Kier alpha value is -0.840. The third-order valence-electron chi connectivity index (χ3n) is 3.77. The lowest BCUT2D eigenvalue weighted by Crippen LogP contribution is -2.17. The molecule has 1 N–H and O–H groups in total. The van der Waals surface area contributed by atoms with Crippen LogP contribution in [0.3, 0.4) is 0 Å². The summed E-state index contributed by atoms with van der Waals surface area (Å²) in [7, 11) is 1.95. The van der Waals surface area contributed by atoms with Gasteiger partial charge in [-0.15, -0.1) is 11.3 Å². The molecule has 0 bridgehead atoms. The highest BCUT2D eigenvalue weighted by Gasteiger charge is 2.21. The summed E-state index contributed by atoms with van der Waals surface area (Å²) in [6.45, 7) is 2.04. The van der Waals surface area contributed by atoms with E-state index in [0.717, 1.165) is 16.9 Å². The lowest BCUT2D eigenvalue weighted by molar-refractivity contribution is 0.616. The lowest BCUT2D eigenvalue weighted by atomic mass is 9.99. The Labute approximate surface area is 127 Å². The van der Waals surface area contributed by atoms with Crippen molar-refractivity contribution < 1.29 is 4.39 Å². The summed E-state index contributed by atoms with van der Waals surface area (Å²) in [5, 5.41) is 3.35. The zero-order valence-electron chi connectivity index (χ0n) is 11.7. The summed E-state index contributed by atoms with van der Waals surface area (Å²) in [4.78, 5) is 2.81. The standard InChI is InChI=1S/C16H18FNS2/c1-10-3-4-12(17)8-13(10)16(18-2)15-7-11-9-19-6-5-14(11)20-15/h3-4,7-8,16,18H,5-6,9H2,1-2H3. The maximum atomic E-state index is 13.6. The van der Waals surface area contributed by atoms with Crippen molar-refractivity contribution in [2.24, 2.45) is 0 Å². The molecule has 3 rings (SSSR count). The molecule has 0 saturated carbocycles. The summed E-state index contributed by atoms with van der Waals surface area (Å²) < 4.78 is 13.6. The zero-order chi connectivity index (χ0) is 14.1. The van der Waals surface area contributed by atoms with Gasteiger partial charge in [-0.1, -0.05) is 6.07 Å². The van der Waals surface area contributed by atoms with Crippen LogP contribution in [-0.2, 0) is 12.2 Å². The number of hydrogen-bond donors (Lipinski definition) is 1. The molecular weight excluding hydrogens is 289 g/mol. The largest absolute Gasteiger partial charge is 0.309 e. The molecule has 1 aliphatic rings. The van der Waals surface area contributed by atoms with Crippen LogP contribution in [0.25, 0.3) is 0 Å². The van der Waals surface area contributed by atoms with Gasteiger partial charge in [0.1, 0.15) is 5.82 Å². The molecule has 0 fully saturated rings. The molecule has 4 heteroatoms. The van der Waals surface area contributed by atoms with Crippen LogP contribution < -0.4 is 5.32 Å². The average molecular weight is 307 g/mol. The van der Waals surface area contributed by atoms with Gasteiger partial charge in [-0.3, -0.25) is 0 Å². The molecule has 1 aliphatic heterocycles. The van der Waals surface area contributed by atoms with E-state index >= 15 is 0 Å². The fourth-order valence-electron chi connectivity index (χ4n) is 2.69. The number of hydrogen-bond acceptors (Lipinski definition) is 3. The Morgan fingerprint density at radius 1 is 1.30 bits per heavy atom. The second-order valence-corrected chi connectivity index (χ2v) is 7.40. The summed E-state index contributed by atoms with van der Waals surface area (Å²) >= 11 is 3.88. The first-order chi connectivity index (χ1) is 9.69. The molecule has 0 saturated heterocycles. The predicted molar refractivity (Wildman–Crippen MR) is 86.2 cm³/mol. The van der Waals surface area contributed by atoms with Gasteiger partial charge in [-0.25, -0.2) is 4.39 Å². The first-order valence-corrected chi connectivity index (χ1v) is 8.78. The predicted octanol–water partition coefficient (Wildman–Crippen LogP) is 4.29. The van der Waals surface area contributed by atoms with Gasteiger partial charge in [0.15, 0.2) is 0 Å². The van der Waals surface area contributed by atoms with Crippen molar-refractivity contribution in [2.75, 3.05) is 12.8 Å².